The number of hydrogen-bond donors (Lipinski definition) is 6. The summed E-state index contributed by atoms with van der Waals surface area (Å²) in [6.07, 6.45) is 6.38. The Bertz CT molecular complexity index is 1620. The Morgan fingerprint density at radius 2 is 1.73 bits per heavy atom. The number of carbonyl (C=O) groups excluding carboxylic acids is 1. The molecule has 10 heteroatoms. The number of methoxy groups -OCH3 is 1. The smallest absolute Gasteiger partial charge is 0.142 e. The van der Waals surface area contributed by atoms with E-state index < -0.39 is 11.7 Å². The molecule has 3 atom stereocenters. The van der Waals surface area contributed by atoms with Gasteiger partial charge >= 0.3 is 0 Å². The number of fused-ring (bicyclic) bond motifs is 3. The first-order chi connectivity index (χ1) is 24.6. The van der Waals surface area contributed by atoms with Crippen LogP contribution in [0.3, 0.4) is 0 Å². The van der Waals surface area contributed by atoms with Gasteiger partial charge in [0.15, 0.2) is 0 Å². The maximum atomic E-state index is 13.3. The Morgan fingerprint density at radius 3 is 2.43 bits per heavy atom. The zero-order valence-electron chi connectivity index (χ0n) is 29.8. The van der Waals surface area contributed by atoms with E-state index in [9.17, 15) is 30.3 Å². The molecule has 2 bridgehead atoms. The quantitative estimate of drug-likeness (QED) is 0.111. The number of rotatable bonds is 17. The zero-order chi connectivity index (χ0) is 36.0. The maximum absolute atomic E-state index is 13.3. The van der Waals surface area contributed by atoms with Gasteiger partial charge in [0.1, 0.15) is 41.3 Å². The number of aromatic hydroxyl groups is 2. The molecule has 0 unspecified atom stereocenters. The molecule has 10 nitrogen and oxygen atoms in total. The molecular weight excluding hydrogens is 648 g/mol. The highest BCUT2D eigenvalue weighted by Crippen LogP contribution is 2.43. The molecule has 0 amide bonds. The first kappa shape index (κ1) is 37.3. The van der Waals surface area contributed by atoms with E-state index in [0.717, 1.165) is 85.9 Å². The number of nitrogens with zero attached hydrogens (tertiary/aromatic N) is 1. The number of carbonyl (C=O) groups is 1. The molecule has 0 aromatic heterocycles. The summed E-state index contributed by atoms with van der Waals surface area (Å²) in [6.45, 7) is 4.44. The number of aliphatic hydroxyl groups excluding tert-OH is 2. The lowest BCUT2D eigenvalue weighted by Crippen LogP contribution is -2.65. The van der Waals surface area contributed by atoms with E-state index in [0.29, 0.717) is 42.2 Å². The molecule has 4 aliphatic rings. The van der Waals surface area contributed by atoms with Crippen molar-refractivity contribution in [3.05, 3.63) is 88.5 Å². The van der Waals surface area contributed by atoms with Crippen LogP contribution in [-0.4, -0.2) is 88.3 Å². The van der Waals surface area contributed by atoms with E-state index in [4.69, 9.17) is 9.47 Å². The molecular formula is C41H55N2O8+. The lowest BCUT2D eigenvalue weighted by Gasteiger charge is -2.53. The number of phenolic OH excluding ortho intramolecular Hbond substituents is 1. The molecule has 3 aromatic rings. The van der Waals surface area contributed by atoms with Gasteiger partial charge in [0.2, 0.25) is 0 Å². The second-order valence-electron chi connectivity index (χ2n) is 15.1. The summed E-state index contributed by atoms with van der Waals surface area (Å²) < 4.78 is 13.2. The van der Waals surface area contributed by atoms with Crippen LogP contribution in [0.25, 0.3) is 0 Å². The van der Waals surface area contributed by atoms with Crippen molar-refractivity contribution in [2.45, 2.75) is 82.3 Å². The third kappa shape index (κ3) is 8.76. The highest BCUT2D eigenvalue weighted by molar-refractivity contribution is 5.81. The molecule has 276 valence electrons. The van der Waals surface area contributed by atoms with Gasteiger partial charge in [-0.1, -0.05) is 43.2 Å². The van der Waals surface area contributed by atoms with Crippen molar-refractivity contribution in [3.8, 4) is 17.2 Å². The predicted octanol–water partition coefficient (Wildman–Crippen LogP) is 4.63. The van der Waals surface area contributed by atoms with Crippen molar-refractivity contribution in [2.75, 3.05) is 46.4 Å². The number of nitrogens with one attached hydrogen (secondary N) is 1. The second-order valence-corrected chi connectivity index (χ2v) is 15.1. The van der Waals surface area contributed by atoms with Crippen LogP contribution in [0.1, 0.15) is 78.9 Å². The first-order valence-electron chi connectivity index (χ1n) is 18.6. The lowest BCUT2D eigenvalue weighted by atomic mass is 9.80. The Morgan fingerprint density at radius 1 is 0.980 bits per heavy atom. The summed E-state index contributed by atoms with van der Waals surface area (Å²) in [5.74, 6) is 1.68. The third-order valence-corrected chi connectivity index (χ3v) is 11.9. The van der Waals surface area contributed by atoms with Crippen LogP contribution < -0.4 is 10.1 Å². The van der Waals surface area contributed by atoms with Crippen molar-refractivity contribution in [2.24, 2.45) is 11.8 Å². The van der Waals surface area contributed by atoms with Gasteiger partial charge in [0.05, 0.1) is 52.5 Å². The molecule has 3 aliphatic heterocycles. The number of aliphatic hydroxyl groups is 3. The van der Waals surface area contributed by atoms with E-state index in [2.05, 4.69) is 5.32 Å². The second kappa shape index (κ2) is 16.4. The minimum absolute atomic E-state index is 0.00400. The number of quaternary nitrogens is 1. The number of ether oxygens (including phenoxy) is 2. The molecule has 4 fully saturated rings. The van der Waals surface area contributed by atoms with E-state index in [1.807, 2.05) is 30.3 Å². The largest absolute Gasteiger partial charge is 0.508 e. The zero-order valence-corrected chi connectivity index (χ0v) is 29.8. The highest BCUT2D eigenvalue weighted by atomic mass is 16.5. The molecule has 1 aliphatic carbocycles. The molecule has 7 rings (SSSR count). The summed E-state index contributed by atoms with van der Waals surface area (Å²) in [5.41, 5.74) is 2.52. The standard InChI is InChI=1S/C41H54N2O8/c1-50-39-21-28(6-7-31(39)23-42-24-38(48)30-8-13-37(47)32(22-30)26-44)20-36(46)16-19-43-17-14-29(15-18-43)40(25-43)51-27-41(49,33-4-2-3-5-33)34-9-11-35(45)12-10-34/h6-13,21-22,29,33,38,40,42,44,48-49H,2-5,14-20,23-27H2,1H3,(H-,45,47)/p+1/t29?,38-,40-,41-,43?/m0/s1. The highest BCUT2D eigenvalue weighted by Gasteiger charge is 2.48. The number of hydrogen-bond acceptors (Lipinski definition) is 9. The number of benzene rings is 3. The number of Topliss-reactive ketones (excluding diaryl/α,β-unsaturated/α-hetero) is 1. The lowest BCUT2D eigenvalue weighted by molar-refractivity contribution is -0.946. The Balaban J connectivity index is 1.00. The Labute approximate surface area is 301 Å². The average molecular weight is 704 g/mol. The minimum atomic E-state index is -1.08. The molecule has 3 heterocycles. The van der Waals surface area contributed by atoms with Crippen molar-refractivity contribution in [1.29, 1.82) is 0 Å². The monoisotopic (exact) mass is 703 g/mol. The number of phenols is 2. The van der Waals surface area contributed by atoms with Crippen molar-refractivity contribution >= 4 is 5.78 Å². The molecule has 6 N–H and O–H groups in total. The van der Waals surface area contributed by atoms with Gasteiger partial charge in [0.25, 0.3) is 0 Å². The summed E-state index contributed by atoms with van der Waals surface area (Å²) in [6, 6.07) is 17.5. The summed E-state index contributed by atoms with van der Waals surface area (Å²) in [4.78, 5) is 13.3. The van der Waals surface area contributed by atoms with Gasteiger partial charge in [-0.2, -0.15) is 0 Å². The number of ketones is 1. The van der Waals surface area contributed by atoms with Crippen LogP contribution in [0.15, 0.2) is 60.7 Å². The van der Waals surface area contributed by atoms with Crippen LogP contribution >= 0.6 is 0 Å². The molecule has 0 radical (unpaired) electrons. The molecule has 3 aromatic carbocycles. The fourth-order valence-corrected chi connectivity index (χ4v) is 8.67. The topological polar surface area (TPSA) is 149 Å². The summed E-state index contributed by atoms with van der Waals surface area (Å²) >= 11 is 0. The maximum Gasteiger partial charge on any atom is 0.142 e. The van der Waals surface area contributed by atoms with Gasteiger partial charge in [-0.25, -0.2) is 0 Å². The van der Waals surface area contributed by atoms with Crippen LogP contribution in [0.4, 0.5) is 0 Å². The van der Waals surface area contributed by atoms with Gasteiger partial charge in [-0.15, -0.1) is 0 Å². The van der Waals surface area contributed by atoms with Gasteiger partial charge in [-0.05, 0) is 65.8 Å². The van der Waals surface area contributed by atoms with Crippen molar-refractivity contribution in [3.63, 3.8) is 0 Å². The fourth-order valence-electron chi connectivity index (χ4n) is 8.67. The van der Waals surface area contributed by atoms with Gasteiger partial charge in [-0.3, -0.25) is 4.79 Å². The van der Waals surface area contributed by atoms with Crippen LogP contribution in [0.2, 0.25) is 0 Å². The van der Waals surface area contributed by atoms with Crippen molar-refractivity contribution < 1.29 is 44.3 Å². The normalized spacial score (nSPS) is 23.6. The van der Waals surface area contributed by atoms with Gasteiger partial charge < -0.3 is 44.8 Å². The van der Waals surface area contributed by atoms with Crippen LogP contribution in [0, 0.1) is 11.8 Å². The van der Waals surface area contributed by atoms with Crippen LogP contribution in [-0.2, 0) is 34.7 Å². The third-order valence-electron chi connectivity index (χ3n) is 11.9. The van der Waals surface area contributed by atoms with E-state index in [1.54, 1.807) is 31.4 Å². The van der Waals surface area contributed by atoms with Crippen molar-refractivity contribution in [1.82, 2.24) is 5.32 Å². The first-order valence-corrected chi connectivity index (χ1v) is 18.6. The molecule has 0 spiro atoms. The molecule has 1 saturated carbocycles. The fraction of sp³-hybridized carbons (Fsp3) is 0.537. The van der Waals surface area contributed by atoms with E-state index in [1.165, 1.54) is 6.07 Å². The summed E-state index contributed by atoms with van der Waals surface area (Å²) in [7, 11) is 1.61. The van der Waals surface area contributed by atoms with E-state index in [-0.39, 0.29) is 49.1 Å². The Kier molecular flexibility index (Phi) is 12.0. The predicted molar refractivity (Wildman–Crippen MR) is 193 cm³/mol. The number of piperidine rings is 3. The summed E-state index contributed by atoms with van der Waals surface area (Å²) in [5, 5.41) is 55.0. The average Bonchev–Trinajstić information content (AvgIpc) is 3.71. The minimum Gasteiger partial charge on any atom is -0.508 e. The SMILES string of the molecule is COc1cc(CC(=O)CC[N+]23CCC(CC2)[C@@H](OC[C@@](O)(c2ccc(O)cc2)C2CCCC2)C3)ccc1CNC[C@H](O)c1ccc(O)c(CO)c1. The Hall–Kier alpha value is -3.51. The van der Waals surface area contributed by atoms with Gasteiger partial charge in [0, 0.05) is 49.4 Å². The molecule has 3 saturated heterocycles. The van der Waals surface area contributed by atoms with Crippen LogP contribution in [0.5, 0.6) is 17.2 Å². The molecule has 51 heavy (non-hydrogen) atoms. The van der Waals surface area contributed by atoms with E-state index >= 15 is 0 Å².